The quantitative estimate of drug-likeness (QED) is 0.630. The van der Waals surface area contributed by atoms with Crippen molar-refractivity contribution in [3.8, 4) is 0 Å². The maximum Gasteiger partial charge on any atom is 0.234 e. The van der Waals surface area contributed by atoms with Crippen molar-refractivity contribution in [1.29, 1.82) is 0 Å². The number of carbonyl (C=O) groups is 2. The summed E-state index contributed by atoms with van der Waals surface area (Å²) in [4.78, 5) is 31.0. The summed E-state index contributed by atoms with van der Waals surface area (Å²) in [7, 11) is 2.07. The van der Waals surface area contributed by atoms with Gasteiger partial charge in [0.25, 0.3) is 0 Å². The van der Waals surface area contributed by atoms with Gasteiger partial charge in [0.15, 0.2) is 0 Å². The number of hydrogen-bond donors (Lipinski definition) is 1. The van der Waals surface area contributed by atoms with Crippen molar-refractivity contribution < 1.29 is 9.59 Å². The molecule has 1 fully saturated rings. The van der Waals surface area contributed by atoms with Gasteiger partial charge in [-0.05, 0) is 31.0 Å². The lowest BCUT2D eigenvalue weighted by Gasteiger charge is -2.34. The van der Waals surface area contributed by atoms with Crippen LogP contribution in [0.2, 0.25) is 0 Å². The smallest absolute Gasteiger partial charge is 0.234 e. The standard InChI is InChI=1S/C25H34N4O2/c1-21-9-11-22(12-10-21)19-25(31)29-17-15-28(16-18-29)20-24(30)26-13-6-14-27(2)23-7-4-3-5-8-23/h3-5,7-12H,6,13-20H2,1-2H3,(H,26,30). The monoisotopic (exact) mass is 422 g/mol. The fourth-order valence-electron chi connectivity index (χ4n) is 3.76. The number of amides is 2. The lowest BCUT2D eigenvalue weighted by Crippen LogP contribution is -2.51. The average Bonchev–Trinajstić information content (AvgIpc) is 2.79. The van der Waals surface area contributed by atoms with Crippen LogP contribution in [-0.2, 0) is 16.0 Å². The van der Waals surface area contributed by atoms with Gasteiger partial charge in [0, 0.05) is 52.0 Å². The van der Waals surface area contributed by atoms with Crippen molar-refractivity contribution in [2.24, 2.45) is 0 Å². The van der Waals surface area contributed by atoms with Crippen molar-refractivity contribution in [3.63, 3.8) is 0 Å². The molecule has 2 aromatic rings. The van der Waals surface area contributed by atoms with Crippen LogP contribution < -0.4 is 10.2 Å². The van der Waals surface area contributed by atoms with E-state index in [-0.39, 0.29) is 11.8 Å². The number of carbonyl (C=O) groups excluding carboxylic acids is 2. The van der Waals surface area contributed by atoms with Crippen molar-refractivity contribution in [1.82, 2.24) is 15.1 Å². The fraction of sp³-hybridized carbons (Fsp3) is 0.440. The van der Waals surface area contributed by atoms with E-state index in [4.69, 9.17) is 0 Å². The van der Waals surface area contributed by atoms with E-state index < -0.39 is 0 Å². The van der Waals surface area contributed by atoms with Gasteiger partial charge in [-0.1, -0.05) is 48.0 Å². The molecule has 0 aliphatic carbocycles. The summed E-state index contributed by atoms with van der Waals surface area (Å²) in [6.45, 7) is 6.85. The summed E-state index contributed by atoms with van der Waals surface area (Å²) in [6, 6.07) is 18.4. The molecule has 1 aliphatic rings. The Kier molecular flexibility index (Phi) is 8.47. The second-order valence-electron chi connectivity index (χ2n) is 8.28. The van der Waals surface area contributed by atoms with Crippen LogP contribution >= 0.6 is 0 Å². The van der Waals surface area contributed by atoms with Crippen LogP contribution in [0.5, 0.6) is 0 Å². The molecule has 0 saturated carbocycles. The molecule has 3 rings (SSSR count). The second kappa shape index (κ2) is 11.5. The van der Waals surface area contributed by atoms with Gasteiger partial charge in [-0.25, -0.2) is 0 Å². The van der Waals surface area contributed by atoms with Crippen molar-refractivity contribution >= 4 is 17.5 Å². The maximum atomic E-state index is 12.5. The molecule has 0 radical (unpaired) electrons. The lowest BCUT2D eigenvalue weighted by atomic mass is 10.1. The molecule has 166 valence electrons. The molecule has 6 heteroatoms. The van der Waals surface area contributed by atoms with Crippen LogP contribution in [0.4, 0.5) is 5.69 Å². The van der Waals surface area contributed by atoms with E-state index in [2.05, 4.69) is 34.3 Å². The van der Waals surface area contributed by atoms with Crippen molar-refractivity contribution in [2.75, 3.05) is 57.8 Å². The molecule has 6 nitrogen and oxygen atoms in total. The van der Waals surface area contributed by atoms with Gasteiger partial charge >= 0.3 is 0 Å². The summed E-state index contributed by atoms with van der Waals surface area (Å²) in [6.07, 6.45) is 1.34. The molecule has 2 aromatic carbocycles. The Bertz CT molecular complexity index is 830. The lowest BCUT2D eigenvalue weighted by molar-refractivity contribution is -0.132. The molecule has 31 heavy (non-hydrogen) atoms. The number of nitrogens with one attached hydrogen (secondary N) is 1. The molecule has 0 aromatic heterocycles. The molecular formula is C25H34N4O2. The zero-order valence-corrected chi connectivity index (χ0v) is 18.7. The highest BCUT2D eigenvalue weighted by Crippen LogP contribution is 2.11. The number of para-hydroxylation sites is 1. The zero-order valence-electron chi connectivity index (χ0n) is 18.7. The van der Waals surface area contributed by atoms with Crippen LogP contribution in [0.15, 0.2) is 54.6 Å². The van der Waals surface area contributed by atoms with Gasteiger partial charge in [-0.3, -0.25) is 14.5 Å². The first-order valence-electron chi connectivity index (χ1n) is 11.1. The van der Waals surface area contributed by atoms with Gasteiger partial charge in [0.2, 0.25) is 11.8 Å². The van der Waals surface area contributed by atoms with Crippen LogP contribution in [-0.4, -0.2) is 74.5 Å². The highest BCUT2D eigenvalue weighted by atomic mass is 16.2. The Morgan fingerprint density at radius 2 is 1.65 bits per heavy atom. The predicted molar refractivity (Wildman–Crippen MR) is 125 cm³/mol. The van der Waals surface area contributed by atoms with Crippen LogP contribution in [0.1, 0.15) is 17.5 Å². The molecule has 1 N–H and O–H groups in total. The number of rotatable bonds is 9. The molecule has 0 bridgehead atoms. The number of hydrogen-bond acceptors (Lipinski definition) is 4. The van der Waals surface area contributed by atoms with Gasteiger partial charge in [0.1, 0.15) is 0 Å². The highest BCUT2D eigenvalue weighted by molar-refractivity contribution is 5.79. The van der Waals surface area contributed by atoms with Crippen LogP contribution in [0.3, 0.4) is 0 Å². The Morgan fingerprint density at radius 1 is 0.968 bits per heavy atom. The van der Waals surface area contributed by atoms with Crippen LogP contribution in [0.25, 0.3) is 0 Å². The number of nitrogens with zero attached hydrogens (tertiary/aromatic N) is 3. The second-order valence-corrected chi connectivity index (χ2v) is 8.28. The first-order chi connectivity index (χ1) is 15.0. The summed E-state index contributed by atoms with van der Waals surface area (Å²) in [5.74, 6) is 0.220. The van der Waals surface area contributed by atoms with E-state index >= 15 is 0 Å². The third-order valence-corrected chi connectivity index (χ3v) is 5.76. The van der Waals surface area contributed by atoms with Gasteiger partial charge in [-0.15, -0.1) is 0 Å². The molecule has 0 atom stereocenters. The molecule has 2 amide bonds. The Morgan fingerprint density at radius 3 is 2.32 bits per heavy atom. The molecule has 1 aliphatic heterocycles. The number of piperazine rings is 1. The number of aryl methyl sites for hydroxylation is 1. The van der Waals surface area contributed by atoms with E-state index in [1.807, 2.05) is 54.3 Å². The number of benzene rings is 2. The Hall–Kier alpha value is -2.86. The highest BCUT2D eigenvalue weighted by Gasteiger charge is 2.22. The summed E-state index contributed by atoms with van der Waals surface area (Å²) in [5, 5.41) is 3.02. The van der Waals surface area contributed by atoms with E-state index in [0.29, 0.717) is 32.6 Å². The predicted octanol–water partition coefficient (Wildman–Crippen LogP) is 2.32. The Labute approximate surface area is 185 Å². The molecule has 1 saturated heterocycles. The van der Waals surface area contributed by atoms with E-state index in [1.54, 1.807) is 0 Å². The summed E-state index contributed by atoms with van der Waals surface area (Å²) < 4.78 is 0. The molecule has 1 heterocycles. The molecular weight excluding hydrogens is 388 g/mol. The van der Waals surface area contributed by atoms with Crippen molar-refractivity contribution in [3.05, 3.63) is 65.7 Å². The van der Waals surface area contributed by atoms with E-state index in [9.17, 15) is 9.59 Å². The third kappa shape index (κ3) is 7.40. The minimum atomic E-state index is 0.0572. The largest absolute Gasteiger partial charge is 0.375 e. The summed E-state index contributed by atoms with van der Waals surface area (Å²) in [5.41, 5.74) is 3.44. The SMILES string of the molecule is Cc1ccc(CC(=O)N2CCN(CC(=O)NCCCN(C)c3ccccc3)CC2)cc1. The molecule has 0 unspecified atom stereocenters. The fourth-order valence-corrected chi connectivity index (χ4v) is 3.76. The van der Waals surface area contributed by atoms with E-state index in [1.165, 1.54) is 11.3 Å². The van der Waals surface area contributed by atoms with Gasteiger partial charge in [0.05, 0.1) is 13.0 Å². The minimum Gasteiger partial charge on any atom is -0.375 e. The third-order valence-electron chi connectivity index (χ3n) is 5.76. The average molecular weight is 423 g/mol. The topological polar surface area (TPSA) is 55.9 Å². The van der Waals surface area contributed by atoms with Crippen molar-refractivity contribution in [2.45, 2.75) is 19.8 Å². The van der Waals surface area contributed by atoms with E-state index in [0.717, 1.165) is 31.6 Å². The maximum absolute atomic E-state index is 12.5. The van der Waals surface area contributed by atoms with Gasteiger partial charge < -0.3 is 15.1 Å². The first-order valence-corrected chi connectivity index (χ1v) is 11.1. The Balaban J connectivity index is 1.29. The molecule has 0 spiro atoms. The number of anilines is 1. The minimum absolute atomic E-state index is 0.0572. The zero-order chi connectivity index (χ0) is 22.1. The van der Waals surface area contributed by atoms with Gasteiger partial charge in [-0.2, -0.15) is 0 Å². The van der Waals surface area contributed by atoms with Crippen LogP contribution in [0, 0.1) is 6.92 Å². The normalized spacial score (nSPS) is 14.3. The summed E-state index contributed by atoms with van der Waals surface area (Å²) >= 11 is 0. The first kappa shape index (κ1) is 22.8.